The molecule has 0 saturated carbocycles. The van der Waals surface area contributed by atoms with E-state index in [0.717, 1.165) is 46.1 Å². The smallest absolute Gasteiger partial charge is 0.138 e. The maximum absolute atomic E-state index is 13.0. The fraction of sp³-hybridized carbons (Fsp3) is 0.364. The third kappa shape index (κ3) is 7.10. The molecule has 0 saturated heterocycles. The molecule has 146 valence electrons. The van der Waals surface area contributed by atoms with E-state index in [1.54, 1.807) is 6.08 Å². The summed E-state index contributed by atoms with van der Waals surface area (Å²) in [4.78, 5) is 12.2. The van der Waals surface area contributed by atoms with Crippen molar-refractivity contribution in [1.29, 1.82) is 0 Å². The molecule has 0 atom stereocenters. The van der Waals surface area contributed by atoms with Gasteiger partial charge in [0.1, 0.15) is 10.8 Å². The van der Waals surface area contributed by atoms with Crippen molar-refractivity contribution in [3.63, 3.8) is 0 Å². The van der Waals surface area contributed by atoms with E-state index in [1.165, 1.54) is 30.9 Å². The Hall–Kier alpha value is -2.27. The van der Waals surface area contributed by atoms with Crippen LogP contribution in [-0.4, -0.2) is 15.7 Å². The lowest BCUT2D eigenvalue weighted by Gasteiger charge is -2.00. The Balaban J connectivity index is 0.00000114. The summed E-state index contributed by atoms with van der Waals surface area (Å²) in [5.41, 5.74) is 4.94. The topological polar surface area (TPSA) is 41.0 Å². The van der Waals surface area contributed by atoms with Gasteiger partial charge in [0.05, 0.1) is 17.6 Å². The molecule has 0 radical (unpaired) electrons. The summed E-state index contributed by atoms with van der Waals surface area (Å²) in [6.07, 6.45) is 11.8. The highest BCUT2D eigenvalue weighted by Gasteiger charge is 2.14. The monoisotopic (exact) mass is 387 g/mol. The lowest BCUT2D eigenvalue weighted by Crippen LogP contribution is -1.99. The molecule has 2 aromatic rings. The average molecular weight is 388 g/mol. The van der Waals surface area contributed by atoms with Crippen molar-refractivity contribution in [1.82, 2.24) is 9.97 Å². The number of halogens is 1. The number of nitrogens with one attached hydrogen (secondary N) is 1. The van der Waals surface area contributed by atoms with Crippen molar-refractivity contribution in [2.24, 2.45) is 4.99 Å². The molecule has 0 aliphatic rings. The third-order valence-electron chi connectivity index (χ3n) is 3.44. The summed E-state index contributed by atoms with van der Waals surface area (Å²) in [5.74, 6) is -0.307. The second-order valence-corrected chi connectivity index (χ2v) is 6.98. The number of aryl methyl sites for hydroxylation is 1. The molecular weight excluding hydrogens is 357 g/mol. The Labute approximate surface area is 166 Å². The number of aromatic amines is 1. The maximum Gasteiger partial charge on any atom is 0.138 e. The Morgan fingerprint density at radius 1 is 1.37 bits per heavy atom. The Morgan fingerprint density at radius 3 is 2.67 bits per heavy atom. The molecule has 2 aromatic heterocycles. The quantitative estimate of drug-likeness (QED) is 0.388. The highest BCUT2D eigenvalue weighted by molar-refractivity contribution is 7.12. The number of H-pyrrole nitrogens is 1. The number of thiazole rings is 1. The van der Waals surface area contributed by atoms with Crippen LogP contribution in [0.5, 0.6) is 0 Å². The number of hydrogen-bond donors (Lipinski definition) is 1. The molecule has 0 spiro atoms. The number of allylic oxidation sites excluding steroid dienone is 3. The minimum absolute atomic E-state index is 0.307. The molecule has 2 heterocycles. The molecule has 0 fully saturated rings. The van der Waals surface area contributed by atoms with E-state index >= 15 is 0 Å². The molecule has 0 unspecified atom stereocenters. The molecule has 1 N–H and O–H groups in total. The van der Waals surface area contributed by atoms with Gasteiger partial charge in [0.15, 0.2) is 0 Å². The Bertz CT molecular complexity index is 805. The van der Waals surface area contributed by atoms with Gasteiger partial charge in [-0.05, 0) is 20.3 Å². The number of nitrogens with zero attached hydrogens (tertiary/aromatic N) is 2. The zero-order valence-corrected chi connectivity index (χ0v) is 17.8. The molecule has 5 heteroatoms. The first-order valence-electron chi connectivity index (χ1n) is 9.30. The first kappa shape index (κ1) is 22.8. The second-order valence-electron chi connectivity index (χ2n) is 6.12. The molecule has 3 nitrogen and oxygen atoms in total. The first-order valence-corrected chi connectivity index (χ1v) is 10.2. The SMILES string of the molecule is C=C/C=C\c1c(-c2csc(C(CCC)=N/C=C(\C)F)n2)c[nH]c1C.CCC. The van der Waals surface area contributed by atoms with Crippen LogP contribution in [0.25, 0.3) is 17.3 Å². The van der Waals surface area contributed by atoms with Crippen LogP contribution in [0.2, 0.25) is 0 Å². The van der Waals surface area contributed by atoms with Crippen molar-refractivity contribution in [3.05, 3.63) is 58.6 Å². The van der Waals surface area contributed by atoms with Gasteiger partial charge in [0.25, 0.3) is 0 Å². The fourth-order valence-corrected chi connectivity index (χ4v) is 3.13. The van der Waals surface area contributed by atoms with Gasteiger partial charge in [0, 0.05) is 28.4 Å². The number of hydrogen-bond acceptors (Lipinski definition) is 3. The zero-order valence-electron chi connectivity index (χ0n) is 17.0. The Kier molecular flexibility index (Phi) is 10.3. The summed E-state index contributed by atoms with van der Waals surface area (Å²) in [6.45, 7) is 13.5. The van der Waals surface area contributed by atoms with Gasteiger partial charge in [0.2, 0.25) is 0 Å². The van der Waals surface area contributed by atoms with Crippen molar-refractivity contribution in [3.8, 4) is 11.3 Å². The number of rotatable bonds is 7. The molecular formula is C22H30FN3S. The van der Waals surface area contributed by atoms with Gasteiger partial charge in [-0.2, -0.15) is 0 Å². The van der Waals surface area contributed by atoms with Crippen LogP contribution >= 0.6 is 11.3 Å². The minimum atomic E-state index is -0.307. The highest BCUT2D eigenvalue weighted by Crippen LogP contribution is 2.29. The van der Waals surface area contributed by atoms with Crippen LogP contribution in [-0.2, 0) is 0 Å². The average Bonchev–Trinajstić information content (AvgIpc) is 3.24. The van der Waals surface area contributed by atoms with E-state index in [-0.39, 0.29) is 5.83 Å². The lowest BCUT2D eigenvalue weighted by atomic mass is 10.1. The van der Waals surface area contributed by atoms with Crippen LogP contribution in [0.4, 0.5) is 4.39 Å². The summed E-state index contributed by atoms with van der Waals surface area (Å²) >= 11 is 1.53. The molecule has 0 aliphatic heterocycles. The van der Waals surface area contributed by atoms with Crippen LogP contribution < -0.4 is 0 Å². The number of aromatic nitrogens is 2. The normalized spacial score (nSPS) is 12.2. The molecule has 0 aliphatic carbocycles. The van der Waals surface area contributed by atoms with E-state index < -0.39 is 0 Å². The maximum atomic E-state index is 13.0. The Morgan fingerprint density at radius 2 is 2.07 bits per heavy atom. The third-order valence-corrected chi connectivity index (χ3v) is 4.33. The van der Waals surface area contributed by atoms with Crippen LogP contribution in [0.3, 0.4) is 0 Å². The van der Waals surface area contributed by atoms with Gasteiger partial charge in [-0.15, -0.1) is 11.3 Å². The van der Waals surface area contributed by atoms with Gasteiger partial charge < -0.3 is 4.98 Å². The van der Waals surface area contributed by atoms with E-state index in [2.05, 4.69) is 37.3 Å². The largest absolute Gasteiger partial charge is 0.364 e. The van der Waals surface area contributed by atoms with E-state index in [0.29, 0.717) is 0 Å². The molecule has 0 bridgehead atoms. The van der Waals surface area contributed by atoms with Crippen molar-refractivity contribution >= 4 is 23.1 Å². The summed E-state index contributed by atoms with van der Waals surface area (Å²) in [6, 6.07) is 0. The second kappa shape index (κ2) is 12.2. The van der Waals surface area contributed by atoms with Crippen molar-refractivity contribution < 1.29 is 4.39 Å². The van der Waals surface area contributed by atoms with E-state index in [1.807, 2.05) is 30.7 Å². The van der Waals surface area contributed by atoms with Crippen LogP contribution in [0, 0.1) is 6.92 Å². The molecule has 2 rings (SSSR count). The fourth-order valence-electron chi connectivity index (χ4n) is 2.29. The summed E-state index contributed by atoms with van der Waals surface area (Å²) in [7, 11) is 0. The lowest BCUT2D eigenvalue weighted by molar-refractivity contribution is 0.637. The molecule has 0 amide bonds. The molecule has 27 heavy (non-hydrogen) atoms. The van der Waals surface area contributed by atoms with E-state index in [9.17, 15) is 4.39 Å². The van der Waals surface area contributed by atoms with Crippen LogP contribution in [0.1, 0.15) is 63.2 Å². The number of aliphatic imine (C=N–C) groups is 1. The summed E-state index contributed by atoms with van der Waals surface area (Å²) < 4.78 is 13.0. The minimum Gasteiger partial charge on any atom is -0.364 e. The van der Waals surface area contributed by atoms with Gasteiger partial charge >= 0.3 is 0 Å². The predicted molar refractivity (Wildman–Crippen MR) is 118 cm³/mol. The van der Waals surface area contributed by atoms with Crippen molar-refractivity contribution in [2.75, 3.05) is 0 Å². The summed E-state index contributed by atoms with van der Waals surface area (Å²) in [5, 5.41) is 2.85. The standard InChI is InChI=1S/C19H22FN3S.C3H8/c1-5-7-9-15-14(4)21-11-16(15)18-12-24-19(23-18)17(8-6-2)22-10-13(3)20;1-3-2/h5,7,9-12,21H,1,6,8H2,2-4H3;3H2,1-2H3/b9-7-,13-10+,22-17?;. The van der Waals surface area contributed by atoms with Gasteiger partial charge in [-0.3, -0.25) is 4.99 Å². The zero-order chi connectivity index (χ0) is 20.2. The predicted octanol–water partition coefficient (Wildman–Crippen LogP) is 7.48. The van der Waals surface area contributed by atoms with Gasteiger partial charge in [-0.1, -0.05) is 58.4 Å². The van der Waals surface area contributed by atoms with Crippen molar-refractivity contribution in [2.45, 2.75) is 53.9 Å². The first-order chi connectivity index (χ1) is 13.0. The van der Waals surface area contributed by atoms with Gasteiger partial charge in [-0.25, -0.2) is 9.37 Å². The van der Waals surface area contributed by atoms with E-state index in [4.69, 9.17) is 4.98 Å². The highest BCUT2D eigenvalue weighted by atomic mass is 32.1. The molecule has 0 aromatic carbocycles. The van der Waals surface area contributed by atoms with Crippen LogP contribution in [0.15, 0.2) is 47.3 Å².